The zero-order valence-corrected chi connectivity index (χ0v) is 13.3. The fraction of sp³-hybridized carbons (Fsp3) is 0.938. The predicted molar refractivity (Wildman–Crippen MR) is 82.8 cm³/mol. The fourth-order valence-electron chi connectivity index (χ4n) is 3.43. The zero-order valence-electron chi connectivity index (χ0n) is 13.3. The minimum absolute atomic E-state index is 0.363. The molecule has 4 nitrogen and oxygen atoms in total. The van der Waals surface area contributed by atoms with Crippen LogP contribution >= 0.6 is 0 Å². The van der Waals surface area contributed by atoms with E-state index in [9.17, 15) is 4.79 Å². The van der Waals surface area contributed by atoms with Crippen molar-refractivity contribution in [2.75, 3.05) is 52.9 Å². The first-order valence-corrected chi connectivity index (χ1v) is 8.37. The van der Waals surface area contributed by atoms with Crippen LogP contribution in [0.3, 0.4) is 0 Å². The number of hydrogen-bond donors (Lipinski definition) is 0. The van der Waals surface area contributed by atoms with E-state index in [-0.39, 0.29) is 0 Å². The smallest absolute Gasteiger partial charge is 0.222 e. The summed E-state index contributed by atoms with van der Waals surface area (Å²) < 4.78 is 0. The molecule has 2 heterocycles. The van der Waals surface area contributed by atoms with Crippen LogP contribution in [0.2, 0.25) is 0 Å². The first-order chi connectivity index (χ1) is 9.69. The lowest BCUT2D eigenvalue weighted by atomic mass is 10.0. The van der Waals surface area contributed by atoms with Crippen LogP contribution in [0, 0.1) is 5.92 Å². The van der Waals surface area contributed by atoms with Crippen LogP contribution in [0.25, 0.3) is 0 Å². The number of piperazine rings is 1. The molecule has 116 valence electrons. The van der Waals surface area contributed by atoms with Crippen LogP contribution in [0.4, 0.5) is 0 Å². The first-order valence-electron chi connectivity index (χ1n) is 8.37. The Morgan fingerprint density at radius 3 is 2.60 bits per heavy atom. The molecular formula is C16H31N3O. The molecule has 0 spiro atoms. The van der Waals surface area contributed by atoms with E-state index in [4.69, 9.17) is 0 Å². The monoisotopic (exact) mass is 281 g/mol. The van der Waals surface area contributed by atoms with Gasteiger partial charge in [-0.3, -0.25) is 4.79 Å². The minimum atomic E-state index is 0.363. The molecule has 1 atom stereocenters. The number of rotatable bonds is 6. The van der Waals surface area contributed by atoms with Crippen molar-refractivity contribution in [3.63, 3.8) is 0 Å². The van der Waals surface area contributed by atoms with Gasteiger partial charge in [0.1, 0.15) is 0 Å². The van der Waals surface area contributed by atoms with Gasteiger partial charge >= 0.3 is 0 Å². The predicted octanol–water partition coefficient (Wildman–Crippen LogP) is 1.66. The highest BCUT2D eigenvalue weighted by molar-refractivity contribution is 5.76. The summed E-state index contributed by atoms with van der Waals surface area (Å²) in [6, 6.07) is 0. The second-order valence-corrected chi connectivity index (χ2v) is 6.53. The molecule has 0 radical (unpaired) electrons. The summed E-state index contributed by atoms with van der Waals surface area (Å²) in [6.07, 6.45) is 5.81. The van der Waals surface area contributed by atoms with E-state index in [0.717, 1.165) is 51.5 Å². The molecule has 0 aliphatic carbocycles. The van der Waals surface area contributed by atoms with E-state index in [1.165, 1.54) is 32.4 Å². The number of carbonyl (C=O) groups excluding carboxylic acids is 1. The molecule has 0 aromatic rings. The van der Waals surface area contributed by atoms with Crippen molar-refractivity contribution in [3.05, 3.63) is 0 Å². The van der Waals surface area contributed by atoms with Gasteiger partial charge in [0.05, 0.1) is 0 Å². The molecule has 1 amide bonds. The van der Waals surface area contributed by atoms with Gasteiger partial charge in [-0.05, 0) is 45.3 Å². The summed E-state index contributed by atoms with van der Waals surface area (Å²) in [5.74, 6) is 1.27. The van der Waals surface area contributed by atoms with Gasteiger partial charge in [-0.2, -0.15) is 0 Å². The molecule has 2 saturated heterocycles. The normalized spacial score (nSPS) is 25.3. The molecule has 20 heavy (non-hydrogen) atoms. The van der Waals surface area contributed by atoms with Crippen LogP contribution in [0.15, 0.2) is 0 Å². The zero-order chi connectivity index (χ0) is 14.4. The van der Waals surface area contributed by atoms with E-state index >= 15 is 0 Å². The number of hydrogen-bond acceptors (Lipinski definition) is 3. The van der Waals surface area contributed by atoms with Gasteiger partial charge in [-0.15, -0.1) is 0 Å². The van der Waals surface area contributed by atoms with Crippen molar-refractivity contribution >= 4 is 5.91 Å². The van der Waals surface area contributed by atoms with E-state index in [2.05, 4.69) is 23.8 Å². The van der Waals surface area contributed by atoms with Gasteiger partial charge < -0.3 is 14.7 Å². The molecule has 2 aliphatic rings. The van der Waals surface area contributed by atoms with E-state index in [1.54, 1.807) is 0 Å². The molecule has 0 aromatic carbocycles. The van der Waals surface area contributed by atoms with E-state index in [0.29, 0.717) is 5.91 Å². The summed E-state index contributed by atoms with van der Waals surface area (Å²) in [4.78, 5) is 19.0. The Balaban J connectivity index is 1.58. The van der Waals surface area contributed by atoms with Crippen LogP contribution in [0.5, 0.6) is 0 Å². The Kier molecular flexibility index (Phi) is 6.30. The number of amides is 1. The summed E-state index contributed by atoms with van der Waals surface area (Å²) >= 11 is 0. The quantitative estimate of drug-likeness (QED) is 0.741. The Bertz CT molecular complexity index is 300. The van der Waals surface area contributed by atoms with Crippen molar-refractivity contribution in [2.45, 2.75) is 39.0 Å². The van der Waals surface area contributed by atoms with Gasteiger partial charge in [0.25, 0.3) is 0 Å². The van der Waals surface area contributed by atoms with Gasteiger partial charge in [0, 0.05) is 39.1 Å². The minimum Gasteiger partial charge on any atom is -0.340 e. The molecule has 4 heteroatoms. The maximum atomic E-state index is 12.1. The van der Waals surface area contributed by atoms with Crippen LogP contribution in [0.1, 0.15) is 39.0 Å². The summed E-state index contributed by atoms with van der Waals surface area (Å²) in [5.41, 5.74) is 0. The highest BCUT2D eigenvalue weighted by Crippen LogP contribution is 2.21. The Hall–Kier alpha value is -0.610. The number of carbonyl (C=O) groups is 1. The Morgan fingerprint density at radius 1 is 1.15 bits per heavy atom. The van der Waals surface area contributed by atoms with Crippen molar-refractivity contribution in [1.82, 2.24) is 14.7 Å². The Labute approximate surface area is 124 Å². The SMILES string of the molecule is CCCC1CCN(CCCC(=O)N2CCN(C)CC2)C1. The van der Waals surface area contributed by atoms with Gasteiger partial charge in [0.15, 0.2) is 0 Å². The third-order valence-corrected chi connectivity index (χ3v) is 4.79. The molecule has 0 aromatic heterocycles. The maximum Gasteiger partial charge on any atom is 0.222 e. The third-order valence-electron chi connectivity index (χ3n) is 4.79. The largest absolute Gasteiger partial charge is 0.340 e. The number of nitrogens with zero attached hydrogens (tertiary/aromatic N) is 3. The third kappa shape index (κ3) is 4.74. The van der Waals surface area contributed by atoms with E-state index in [1.807, 2.05) is 4.90 Å². The lowest BCUT2D eigenvalue weighted by Crippen LogP contribution is -2.47. The van der Waals surface area contributed by atoms with Gasteiger partial charge in [-0.1, -0.05) is 13.3 Å². The molecule has 2 rings (SSSR count). The lowest BCUT2D eigenvalue weighted by molar-refractivity contribution is -0.132. The van der Waals surface area contributed by atoms with Crippen LogP contribution in [-0.4, -0.2) is 73.5 Å². The Morgan fingerprint density at radius 2 is 1.90 bits per heavy atom. The highest BCUT2D eigenvalue weighted by Gasteiger charge is 2.22. The van der Waals surface area contributed by atoms with Crippen molar-refractivity contribution in [3.8, 4) is 0 Å². The molecule has 0 bridgehead atoms. The second-order valence-electron chi connectivity index (χ2n) is 6.53. The fourth-order valence-corrected chi connectivity index (χ4v) is 3.43. The molecular weight excluding hydrogens is 250 g/mol. The summed E-state index contributed by atoms with van der Waals surface area (Å²) in [6.45, 7) is 9.77. The van der Waals surface area contributed by atoms with Crippen LogP contribution in [-0.2, 0) is 4.79 Å². The lowest BCUT2D eigenvalue weighted by Gasteiger charge is -2.32. The maximum absolute atomic E-state index is 12.1. The highest BCUT2D eigenvalue weighted by atomic mass is 16.2. The van der Waals surface area contributed by atoms with Crippen molar-refractivity contribution < 1.29 is 4.79 Å². The average molecular weight is 281 g/mol. The topological polar surface area (TPSA) is 26.8 Å². The molecule has 0 N–H and O–H groups in total. The first kappa shape index (κ1) is 15.8. The molecule has 2 fully saturated rings. The second kappa shape index (κ2) is 7.99. The average Bonchev–Trinajstić information content (AvgIpc) is 2.87. The molecule has 2 aliphatic heterocycles. The molecule has 1 unspecified atom stereocenters. The summed E-state index contributed by atoms with van der Waals surface area (Å²) in [7, 11) is 2.13. The van der Waals surface area contributed by atoms with Crippen molar-refractivity contribution in [1.29, 1.82) is 0 Å². The van der Waals surface area contributed by atoms with Gasteiger partial charge in [0.2, 0.25) is 5.91 Å². The molecule has 0 saturated carbocycles. The summed E-state index contributed by atoms with van der Waals surface area (Å²) in [5, 5.41) is 0. The number of likely N-dealkylation sites (N-methyl/N-ethyl adjacent to an activating group) is 1. The van der Waals surface area contributed by atoms with Crippen molar-refractivity contribution in [2.24, 2.45) is 5.92 Å². The van der Waals surface area contributed by atoms with E-state index < -0.39 is 0 Å². The van der Waals surface area contributed by atoms with Gasteiger partial charge in [-0.25, -0.2) is 0 Å². The standard InChI is InChI=1S/C16H31N3O/c1-3-5-15-7-9-18(14-15)8-4-6-16(20)19-12-10-17(2)11-13-19/h15H,3-14H2,1-2H3. The number of likely N-dealkylation sites (tertiary alicyclic amines) is 1. The van der Waals surface area contributed by atoms with Crippen LogP contribution < -0.4 is 0 Å².